The van der Waals surface area contributed by atoms with Crippen molar-refractivity contribution in [2.75, 3.05) is 19.7 Å². The summed E-state index contributed by atoms with van der Waals surface area (Å²) in [6.45, 7) is 3.76. The standard InChI is InChI=1S/C19H25N3O2/c20-19(23)16-7-11-24-18(16)13-5-9-22(10-6-13)12-14-2-1-3-17-15(14)4-8-21-17/h1-4,8,13,16,18,21H,5-7,9-12H2,(H2,20,23)/t16-,18+/m0/s1. The van der Waals surface area contributed by atoms with Crippen LogP contribution in [0.4, 0.5) is 0 Å². The van der Waals surface area contributed by atoms with Crippen molar-refractivity contribution < 1.29 is 9.53 Å². The molecule has 4 rings (SSSR count). The molecule has 0 bridgehead atoms. The van der Waals surface area contributed by atoms with Gasteiger partial charge in [0.15, 0.2) is 0 Å². The highest BCUT2D eigenvalue weighted by Crippen LogP contribution is 2.33. The molecule has 0 aliphatic carbocycles. The first-order valence-electron chi connectivity index (χ1n) is 8.90. The Morgan fingerprint density at radius 1 is 1.25 bits per heavy atom. The van der Waals surface area contributed by atoms with E-state index in [-0.39, 0.29) is 17.9 Å². The van der Waals surface area contributed by atoms with Crippen LogP contribution in [-0.2, 0) is 16.1 Å². The maximum Gasteiger partial charge on any atom is 0.223 e. The van der Waals surface area contributed by atoms with E-state index in [1.54, 1.807) is 0 Å². The Morgan fingerprint density at radius 2 is 2.08 bits per heavy atom. The third kappa shape index (κ3) is 2.94. The SMILES string of the molecule is NC(=O)[C@H]1CCO[C@@H]1C1CCN(Cc2cccc3[nH]ccc23)CC1. The average Bonchev–Trinajstić information content (AvgIpc) is 3.25. The second-order valence-electron chi connectivity index (χ2n) is 7.10. The number of likely N-dealkylation sites (tertiary alicyclic amines) is 1. The van der Waals surface area contributed by atoms with E-state index in [9.17, 15) is 4.79 Å². The van der Waals surface area contributed by atoms with Gasteiger partial charge in [-0.2, -0.15) is 0 Å². The van der Waals surface area contributed by atoms with Crippen LogP contribution in [0.1, 0.15) is 24.8 Å². The minimum Gasteiger partial charge on any atom is -0.377 e. The highest BCUT2D eigenvalue weighted by Gasteiger charge is 2.39. The molecule has 2 aromatic rings. The molecule has 2 fully saturated rings. The van der Waals surface area contributed by atoms with Gasteiger partial charge < -0.3 is 15.5 Å². The molecule has 5 nitrogen and oxygen atoms in total. The summed E-state index contributed by atoms with van der Waals surface area (Å²) in [5.41, 5.74) is 8.11. The predicted octanol–water partition coefficient (Wildman–Crippen LogP) is 2.27. The molecule has 3 heterocycles. The number of aromatic nitrogens is 1. The molecule has 2 aliphatic rings. The summed E-state index contributed by atoms with van der Waals surface area (Å²) >= 11 is 0. The van der Waals surface area contributed by atoms with Gasteiger partial charge in [-0.3, -0.25) is 9.69 Å². The van der Waals surface area contributed by atoms with E-state index in [1.807, 2.05) is 6.20 Å². The summed E-state index contributed by atoms with van der Waals surface area (Å²) in [6, 6.07) is 8.60. The number of hydrogen-bond acceptors (Lipinski definition) is 3. The lowest BCUT2D eigenvalue weighted by Crippen LogP contribution is -2.41. The van der Waals surface area contributed by atoms with Crippen molar-refractivity contribution in [2.45, 2.75) is 31.9 Å². The highest BCUT2D eigenvalue weighted by atomic mass is 16.5. The number of rotatable bonds is 4. The molecule has 3 N–H and O–H groups in total. The molecule has 1 amide bonds. The van der Waals surface area contributed by atoms with Crippen LogP contribution < -0.4 is 5.73 Å². The fourth-order valence-corrected chi connectivity index (χ4v) is 4.35. The first-order valence-corrected chi connectivity index (χ1v) is 8.90. The monoisotopic (exact) mass is 327 g/mol. The van der Waals surface area contributed by atoms with Crippen LogP contribution in [-0.4, -0.2) is 41.6 Å². The maximum absolute atomic E-state index is 11.6. The van der Waals surface area contributed by atoms with Crippen LogP contribution in [0.5, 0.6) is 0 Å². The van der Waals surface area contributed by atoms with Crippen LogP contribution in [0, 0.1) is 11.8 Å². The molecule has 24 heavy (non-hydrogen) atoms. The van der Waals surface area contributed by atoms with Crippen molar-refractivity contribution in [1.29, 1.82) is 0 Å². The molecule has 0 spiro atoms. The Morgan fingerprint density at radius 3 is 2.88 bits per heavy atom. The number of nitrogens with one attached hydrogen (secondary N) is 1. The predicted molar refractivity (Wildman–Crippen MR) is 93.3 cm³/mol. The third-order valence-electron chi connectivity index (χ3n) is 5.68. The first kappa shape index (κ1) is 15.7. The van der Waals surface area contributed by atoms with Gasteiger partial charge in [-0.1, -0.05) is 12.1 Å². The molecule has 1 aromatic heterocycles. The van der Waals surface area contributed by atoms with Gasteiger partial charge in [-0.25, -0.2) is 0 Å². The molecule has 128 valence electrons. The zero-order valence-electron chi connectivity index (χ0n) is 13.9. The van der Waals surface area contributed by atoms with Crippen LogP contribution in [0.3, 0.4) is 0 Å². The fraction of sp³-hybridized carbons (Fsp3) is 0.526. The minimum atomic E-state index is -0.195. The number of primary amides is 1. The van der Waals surface area contributed by atoms with E-state index in [0.717, 1.165) is 38.9 Å². The van der Waals surface area contributed by atoms with Crippen LogP contribution >= 0.6 is 0 Å². The number of fused-ring (bicyclic) bond motifs is 1. The Labute approximate surface area is 142 Å². The van der Waals surface area contributed by atoms with Gasteiger partial charge in [0.25, 0.3) is 0 Å². The number of piperidine rings is 1. The van der Waals surface area contributed by atoms with Gasteiger partial charge in [0, 0.05) is 30.3 Å². The number of hydrogen-bond donors (Lipinski definition) is 2. The van der Waals surface area contributed by atoms with E-state index in [0.29, 0.717) is 12.5 Å². The summed E-state index contributed by atoms with van der Waals surface area (Å²) in [6.07, 6.45) is 4.99. The van der Waals surface area contributed by atoms with Crippen molar-refractivity contribution in [3.63, 3.8) is 0 Å². The van der Waals surface area contributed by atoms with Gasteiger partial charge in [0.1, 0.15) is 0 Å². The fourth-order valence-electron chi connectivity index (χ4n) is 4.35. The van der Waals surface area contributed by atoms with Gasteiger partial charge >= 0.3 is 0 Å². The van der Waals surface area contributed by atoms with Gasteiger partial charge in [-0.05, 0) is 56.0 Å². The van der Waals surface area contributed by atoms with Crippen molar-refractivity contribution >= 4 is 16.8 Å². The number of ether oxygens (including phenoxy) is 1. The first-order chi connectivity index (χ1) is 11.7. The number of H-pyrrole nitrogens is 1. The second kappa shape index (κ2) is 6.57. The minimum absolute atomic E-state index is 0.0396. The topological polar surface area (TPSA) is 71.4 Å². The van der Waals surface area contributed by atoms with Gasteiger partial charge in [-0.15, -0.1) is 0 Å². The number of nitrogens with two attached hydrogens (primary N) is 1. The lowest BCUT2D eigenvalue weighted by atomic mass is 9.84. The molecule has 2 aliphatic heterocycles. The number of carbonyl (C=O) groups is 1. The molecule has 0 radical (unpaired) electrons. The third-order valence-corrected chi connectivity index (χ3v) is 5.68. The largest absolute Gasteiger partial charge is 0.377 e. The summed E-state index contributed by atoms with van der Waals surface area (Å²) in [5, 5.41) is 1.31. The molecular formula is C19H25N3O2. The Bertz CT molecular complexity index is 718. The Kier molecular flexibility index (Phi) is 4.29. The smallest absolute Gasteiger partial charge is 0.223 e. The highest BCUT2D eigenvalue weighted by molar-refractivity contribution is 5.82. The number of amides is 1. The lowest BCUT2D eigenvalue weighted by Gasteiger charge is -2.35. The Balaban J connectivity index is 1.38. The van der Waals surface area contributed by atoms with E-state index >= 15 is 0 Å². The Hall–Kier alpha value is -1.85. The molecule has 0 unspecified atom stereocenters. The number of aromatic amines is 1. The summed E-state index contributed by atoms with van der Waals surface area (Å²) in [4.78, 5) is 17.4. The summed E-state index contributed by atoms with van der Waals surface area (Å²) < 4.78 is 5.84. The van der Waals surface area contributed by atoms with Crippen molar-refractivity contribution in [2.24, 2.45) is 17.6 Å². The second-order valence-corrected chi connectivity index (χ2v) is 7.10. The number of nitrogens with zero attached hydrogens (tertiary/aromatic N) is 1. The lowest BCUT2D eigenvalue weighted by molar-refractivity contribution is -0.124. The number of benzene rings is 1. The summed E-state index contributed by atoms with van der Waals surface area (Å²) in [5.74, 6) is 0.179. The van der Waals surface area contributed by atoms with Crippen molar-refractivity contribution in [3.8, 4) is 0 Å². The van der Waals surface area contributed by atoms with Crippen LogP contribution in [0.25, 0.3) is 10.9 Å². The van der Waals surface area contributed by atoms with Crippen LogP contribution in [0.2, 0.25) is 0 Å². The van der Waals surface area contributed by atoms with E-state index < -0.39 is 0 Å². The molecule has 1 aromatic carbocycles. The van der Waals surface area contributed by atoms with E-state index in [4.69, 9.17) is 10.5 Å². The molecule has 2 atom stereocenters. The van der Waals surface area contributed by atoms with Gasteiger partial charge in [0.2, 0.25) is 5.91 Å². The van der Waals surface area contributed by atoms with Crippen LogP contribution in [0.15, 0.2) is 30.5 Å². The number of carbonyl (C=O) groups excluding carboxylic acids is 1. The maximum atomic E-state index is 11.6. The van der Waals surface area contributed by atoms with Crippen molar-refractivity contribution in [1.82, 2.24) is 9.88 Å². The quantitative estimate of drug-likeness (QED) is 0.905. The van der Waals surface area contributed by atoms with Gasteiger partial charge in [0.05, 0.1) is 12.0 Å². The zero-order chi connectivity index (χ0) is 16.5. The molecule has 0 saturated carbocycles. The van der Waals surface area contributed by atoms with E-state index in [1.165, 1.54) is 16.5 Å². The molecule has 5 heteroatoms. The summed E-state index contributed by atoms with van der Waals surface area (Å²) in [7, 11) is 0. The van der Waals surface area contributed by atoms with Crippen molar-refractivity contribution in [3.05, 3.63) is 36.0 Å². The average molecular weight is 327 g/mol. The van der Waals surface area contributed by atoms with E-state index in [2.05, 4.69) is 34.1 Å². The molecular weight excluding hydrogens is 302 g/mol. The molecule has 2 saturated heterocycles. The zero-order valence-corrected chi connectivity index (χ0v) is 13.9. The normalized spacial score (nSPS) is 26.2.